The molecule has 0 spiro atoms. The van der Waals surface area contributed by atoms with Crippen LogP contribution in [0.3, 0.4) is 0 Å². The Labute approximate surface area is 112 Å². The van der Waals surface area contributed by atoms with Crippen molar-refractivity contribution >= 4 is 16.7 Å². The lowest BCUT2D eigenvalue weighted by atomic mass is 9.87. The Kier molecular flexibility index (Phi) is 2.95. The van der Waals surface area contributed by atoms with Crippen molar-refractivity contribution < 1.29 is 9.84 Å². The van der Waals surface area contributed by atoms with E-state index < -0.39 is 0 Å². The molecule has 0 amide bonds. The van der Waals surface area contributed by atoms with E-state index in [1.165, 1.54) is 0 Å². The molecule has 0 bridgehead atoms. The minimum atomic E-state index is -0.116. The second-order valence-corrected chi connectivity index (χ2v) is 5.43. The number of nitrogens with one attached hydrogen (secondary N) is 1. The third kappa shape index (κ3) is 2.09. The number of nitrogens with zero attached hydrogens (tertiary/aromatic N) is 2. The van der Waals surface area contributed by atoms with Crippen LogP contribution < -0.4 is 5.32 Å². The summed E-state index contributed by atoms with van der Waals surface area (Å²) in [5.41, 5.74) is 3.04. The van der Waals surface area contributed by atoms with Crippen molar-refractivity contribution in [3.05, 3.63) is 24.0 Å². The first-order valence-electron chi connectivity index (χ1n) is 6.49. The van der Waals surface area contributed by atoms with E-state index in [9.17, 15) is 5.11 Å². The van der Waals surface area contributed by atoms with Crippen molar-refractivity contribution in [1.29, 1.82) is 0 Å². The number of rotatable bonds is 4. The van der Waals surface area contributed by atoms with Gasteiger partial charge in [0.2, 0.25) is 0 Å². The molecule has 1 saturated heterocycles. The average Bonchev–Trinajstić information content (AvgIpc) is 2.64. The smallest absolute Gasteiger partial charge is 0.106 e. The van der Waals surface area contributed by atoms with Crippen LogP contribution in [0.15, 0.2) is 18.2 Å². The fraction of sp³-hybridized carbons (Fsp3) is 0.500. The van der Waals surface area contributed by atoms with Crippen LogP contribution in [-0.4, -0.2) is 41.0 Å². The number of benzene rings is 1. The standard InChI is InChI=1S/C14H19N3O2/c1-10-16-12-5-11(3-4-13(12)17(10)2)15-6-14(7-18)8-19-9-14/h3-5,15,18H,6-9H2,1-2H3. The molecule has 2 heterocycles. The summed E-state index contributed by atoms with van der Waals surface area (Å²) in [7, 11) is 2.02. The van der Waals surface area contributed by atoms with E-state index >= 15 is 0 Å². The van der Waals surface area contributed by atoms with Gasteiger partial charge in [-0.05, 0) is 25.1 Å². The van der Waals surface area contributed by atoms with E-state index in [1.807, 2.05) is 26.1 Å². The van der Waals surface area contributed by atoms with Crippen LogP contribution in [0.4, 0.5) is 5.69 Å². The molecule has 0 unspecified atom stereocenters. The summed E-state index contributed by atoms with van der Waals surface area (Å²) in [6.45, 7) is 4.13. The Hall–Kier alpha value is -1.59. The maximum atomic E-state index is 9.39. The summed E-state index contributed by atoms with van der Waals surface area (Å²) in [6, 6.07) is 6.17. The van der Waals surface area contributed by atoms with Crippen molar-refractivity contribution in [2.75, 3.05) is 31.7 Å². The summed E-state index contributed by atoms with van der Waals surface area (Å²) < 4.78 is 7.27. The van der Waals surface area contributed by atoms with Crippen molar-refractivity contribution in [1.82, 2.24) is 9.55 Å². The maximum Gasteiger partial charge on any atom is 0.106 e. The Morgan fingerprint density at radius 3 is 2.89 bits per heavy atom. The highest BCUT2D eigenvalue weighted by atomic mass is 16.5. The van der Waals surface area contributed by atoms with Crippen LogP contribution in [0.5, 0.6) is 0 Å². The van der Waals surface area contributed by atoms with Gasteiger partial charge in [0.15, 0.2) is 0 Å². The van der Waals surface area contributed by atoms with Gasteiger partial charge in [-0.1, -0.05) is 0 Å². The van der Waals surface area contributed by atoms with Crippen LogP contribution >= 0.6 is 0 Å². The quantitative estimate of drug-likeness (QED) is 0.871. The van der Waals surface area contributed by atoms with Crippen molar-refractivity contribution in [2.24, 2.45) is 12.5 Å². The number of hydrogen-bond acceptors (Lipinski definition) is 4. The van der Waals surface area contributed by atoms with E-state index in [4.69, 9.17) is 4.74 Å². The summed E-state index contributed by atoms with van der Waals surface area (Å²) in [4.78, 5) is 4.52. The summed E-state index contributed by atoms with van der Waals surface area (Å²) in [5.74, 6) is 1.01. The highest BCUT2D eigenvalue weighted by molar-refractivity contribution is 5.80. The zero-order chi connectivity index (χ0) is 13.5. The number of aliphatic hydroxyl groups excluding tert-OH is 1. The molecule has 1 aliphatic rings. The number of aliphatic hydroxyl groups is 1. The molecule has 2 aromatic rings. The number of aryl methyl sites for hydroxylation is 2. The number of hydrogen-bond donors (Lipinski definition) is 2. The van der Waals surface area contributed by atoms with Crippen LogP contribution in [0.2, 0.25) is 0 Å². The molecule has 0 radical (unpaired) electrons. The highest BCUT2D eigenvalue weighted by Gasteiger charge is 2.37. The molecule has 5 heteroatoms. The Morgan fingerprint density at radius 1 is 1.47 bits per heavy atom. The first-order valence-corrected chi connectivity index (χ1v) is 6.49. The van der Waals surface area contributed by atoms with Gasteiger partial charge < -0.3 is 19.7 Å². The number of ether oxygens (including phenoxy) is 1. The lowest BCUT2D eigenvalue weighted by molar-refractivity contribution is -0.128. The summed E-state index contributed by atoms with van der Waals surface area (Å²) in [6.07, 6.45) is 0. The third-order valence-electron chi connectivity index (χ3n) is 3.92. The normalized spacial score (nSPS) is 17.4. The molecule has 1 aromatic carbocycles. The third-order valence-corrected chi connectivity index (χ3v) is 3.92. The Bertz CT molecular complexity index is 596. The van der Waals surface area contributed by atoms with Crippen LogP contribution in [-0.2, 0) is 11.8 Å². The Balaban J connectivity index is 1.78. The lowest BCUT2D eigenvalue weighted by Crippen LogP contribution is -2.50. The molecule has 1 aromatic heterocycles. The van der Waals surface area contributed by atoms with Crippen molar-refractivity contribution in [3.8, 4) is 0 Å². The van der Waals surface area contributed by atoms with Crippen molar-refractivity contribution in [3.63, 3.8) is 0 Å². The zero-order valence-electron chi connectivity index (χ0n) is 11.3. The molecule has 102 valence electrons. The van der Waals surface area contributed by atoms with Gasteiger partial charge >= 0.3 is 0 Å². The zero-order valence-corrected chi connectivity index (χ0v) is 11.3. The van der Waals surface area contributed by atoms with Crippen LogP contribution in [0.1, 0.15) is 5.82 Å². The number of imidazole rings is 1. The van der Waals surface area contributed by atoms with E-state index in [-0.39, 0.29) is 12.0 Å². The van der Waals surface area contributed by atoms with Gasteiger partial charge in [0.1, 0.15) is 5.82 Å². The molecular formula is C14H19N3O2. The molecule has 3 rings (SSSR count). The van der Waals surface area contributed by atoms with Crippen LogP contribution in [0, 0.1) is 12.3 Å². The molecule has 0 atom stereocenters. The second-order valence-electron chi connectivity index (χ2n) is 5.43. The van der Waals surface area contributed by atoms with Gasteiger partial charge in [0.25, 0.3) is 0 Å². The molecule has 1 fully saturated rings. The predicted molar refractivity (Wildman–Crippen MR) is 74.3 cm³/mol. The van der Waals surface area contributed by atoms with Gasteiger partial charge in [-0.25, -0.2) is 4.98 Å². The first-order chi connectivity index (χ1) is 9.13. The maximum absolute atomic E-state index is 9.39. The fourth-order valence-electron chi connectivity index (χ4n) is 2.36. The van der Waals surface area contributed by atoms with E-state index in [2.05, 4.69) is 20.9 Å². The van der Waals surface area contributed by atoms with Crippen molar-refractivity contribution in [2.45, 2.75) is 6.92 Å². The number of aromatic nitrogens is 2. The summed E-state index contributed by atoms with van der Waals surface area (Å²) >= 11 is 0. The van der Waals surface area contributed by atoms with Crippen LogP contribution in [0.25, 0.3) is 11.0 Å². The average molecular weight is 261 g/mol. The fourth-order valence-corrected chi connectivity index (χ4v) is 2.36. The van der Waals surface area contributed by atoms with Gasteiger partial charge in [-0.2, -0.15) is 0 Å². The number of anilines is 1. The predicted octanol–water partition coefficient (Wildman–Crippen LogP) is 1.30. The lowest BCUT2D eigenvalue weighted by Gasteiger charge is -2.40. The Morgan fingerprint density at radius 2 is 2.26 bits per heavy atom. The van der Waals surface area contributed by atoms with E-state index in [0.717, 1.165) is 29.1 Å². The minimum absolute atomic E-state index is 0.116. The molecule has 2 N–H and O–H groups in total. The van der Waals surface area contributed by atoms with Gasteiger partial charge in [0, 0.05) is 19.3 Å². The minimum Gasteiger partial charge on any atom is -0.396 e. The van der Waals surface area contributed by atoms with Gasteiger partial charge in [-0.15, -0.1) is 0 Å². The highest BCUT2D eigenvalue weighted by Crippen LogP contribution is 2.28. The molecule has 0 aliphatic carbocycles. The second kappa shape index (κ2) is 4.51. The number of fused-ring (bicyclic) bond motifs is 1. The molecule has 19 heavy (non-hydrogen) atoms. The summed E-state index contributed by atoms with van der Waals surface area (Å²) in [5, 5.41) is 12.8. The van der Waals surface area contributed by atoms with Gasteiger partial charge in [-0.3, -0.25) is 0 Å². The monoisotopic (exact) mass is 261 g/mol. The molecule has 5 nitrogen and oxygen atoms in total. The molecule has 1 aliphatic heterocycles. The van der Waals surface area contributed by atoms with Gasteiger partial charge in [0.05, 0.1) is 36.3 Å². The topological polar surface area (TPSA) is 59.3 Å². The molecule has 0 saturated carbocycles. The molecular weight excluding hydrogens is 242 g/mol. The first kappa shape index (κ1) is 12.4. The SMILES string of the molecule is Cc1nc2cc(NCC3(CO)COC3)ccc2n1C. The van der Waals surface area contributed by atoms with E-state index in [0.29, 0.717) is 13.2 Å². The largest absolute Gasteiger partial charge is 0.396 e. The van der Waals surface area contributed by atoms with E-state index in [1.54, 1.807) is 0 Å².